The fraction of sp³-hybridized carbons (Fsp3) is 0.667. The van der Waals surface area contributed by atoms with Crippen molar-refractivity contribution in [3.63, 3.8) is 0 Å². The van der Waals surface area contributed by atoms with Crippen molar-refractivity contribution in [2.75, 3.05) is 31.1 Å². The predicted molar refractivity (Wildman–Crippen MR) is 63.4 cm³/mol. The number of hydrogen-bond acceptors (Lipinski definition) is 4. The first-order valence-corrected chi connectivity index (χ1v) is 6.11. The van der Waals surface area contributed by atoms with Crippen molar-refractivity contribution in [3.05, 3.63) is 18.5 Å². The van der Waals surface area contributed by atoms with Crippen LogP contribution in [0.25, 0.3) is 0 Å². The van der Waals surface area contributed by atoms with E-state index in [0.29, 0.717) is 5.41 Å². The number of hydrogen-bond donors (Lipinski definition) is 1. The Morgan fingerprint density at radius 2 is 2.12 bits per heavy atom. The van der Waals surface area contributed by atoms with Gasteiger partial charge >= 0.3 is 0 Å². The Morgan fingerprint density at radius 1 is 1.25 bits per heavy atom. The van der Waals surface area contributed by atoms with Crippen LogP contribution in [0.15, 0.2) is 18.5 Å². The molecule has 86 valence electrons. The van der Waals surface area contributed by atoms with E-state index >= 15 is 0 Å². The SMILES string of the molecule is c1cnc(N2CCC[C@@]3(CCNC3)C2)nc1. The third-order valence-electron chi connectivity index (χ3n) is 3.83. The lowest BCUT2D eigenvalue weighted by atomic mass is 9.79. The molecule has 0 saturated carbocycles. The van der Waals surface area contributed by atoms with Crippen molar-refractivity contribution in [1.82, 2.24) is 15.3 Å². The summed E-state index contributed by atoms with van der Waals surface area (Å²) < 4.78 is 0. The summed E-state index contributed by atoms with van der Waals surface area (Å²) in [7, 11) is 0. The number of nitrogens with one attached hydrogen (secondary N) is 1. The summed E-state index contributed by atoms with van der Waals surface area (Å²) in [4.78, 5) is 11.0. The van der Waals surface area contributed by atoms with E-state index in [-0.39, 0.29) is 0 Å². The Morgan fingerprint density at radius 3 is 2.88 bits per heavy atom. The van der Waals surface area contributed by atoms with Gasteiger partial charge in [0, 0.05) is 37.4 Å². The molecule has 4 nitrogen and oxygen atoms in total. The molecule has 4 heteroatoms. The van der Waals surface area contributed by atoms with Crippen LogP contribution in [-0.2, 0) is 0 Å². The molecule has 2 aliphatic heterocycles. The molecule has 1 N–H and O–H groups in total. The maximum Gasteiger partial charge on any atom is 0.225 e. The van der Waals surface area contributed by atoms with Crippen LogP contribution in [0.1, 0.15) is 19.3 Å². The number of piperidine rings is 1. The largest absolute Gasteiger partial charge is 0.340 e. The smallest absolute Gasteiger partial charge is 0.225 e. The van der Waals surface area contributed by atoms with Crippen molar-refractivity contribution in [2.24, 2.45) is 5.41 Å². The van der Waals surface area contributed by atoms with Gasteiger partial charge in [0.2, 0.25) is 5.95 Å². The summed E-state index contributed by atoms with van der Waals surface area (Å²) in [6, 6.07) is 1.88. The van der Waals surface area contributed by atoms with Gasteiger partial charge in [0.05, 0.1) is 0 Å². The minimum Gasteiger partial charge on any atom is -0.340 e. The quantitative estimate of drug-likeness (QED) is 0.765. The second-order valence-corrected chi connectivity index (χ2v) is 5.00. The third-order valence-corrected chi connectivity index (χ3v) is 3.83. The highest BCUT2D eigenvalue weighted by Crippen LogP contribution is 2.36. The Kier molecular flexibility index (Phi) is 2.52. The number of anilines is 1. The highest BCUT2D eigenvalue weighted by Gasteiger charge is 2.38. The van der Waals surface area contributed by atoms with Crippen LogP contribution in [0.5, 0.6) is 0 Å². The minimum absolute atomic E-state index is 0.484. The molecular weight excluding hydrogens is 200 g/mol. The normalized spacial score (nSPS) is 29.9. The molecule has 1 aromatic heterocycles. The van der Waals surface area contributed by atoms with Crippen LogP contribution in [-0.4, -0.2) is 36.1 Å². The standard InChI is InChI=1S/C12H18N4/c1-3-12(4-7-13-9-12)10-16(8-1)11-14-5-2-6-15-11/h2,5-6,13H,1,3-4,7-10H2/t12-/m0/s1. The molecule has 1 atom stereocenters. The Hall–Kier alpha value is -1.16. The van der Waals surface area contributed by atoms with E-state index in [9.17, 15) is 0 Å². The molecule has 0 unspecified atom stereocenters. The van der Waals surface area contributed by atoms with Crippen LogP contribution in [0.4, 0.5) is 5.95 Å². The van der Waals surface area contributed by atoms with Crippen LogP contribution >= 0.6 is 0 Å². The van der Waals surface area contributed by atoms with E-state index in [1.54, 1.807) is 0 Å². The topological polar surface area (TPSA) is 41.1 Å². The van der Waals surface area contributed by atoms with Gasteiger partial charge in [0.25, 0.3) is 0 Å². The highest BCUT2D eigenvalue weighted by molar-refractivity contribution is 5.30. The van der Waals surface area contributed by atoms with Gasteiger partial charge in [-0.15, -0.1) is 0 Å². The van der Waals surface area contributed by atoms with Gasteiger partial charge in [-0.05, 0) is 31.9 Å². The summed E-state index contributed by atoms with van der Waals surface area (Å²) in [5.41, 5.74) is 0.484. The zero-order valence-corrected chi connectivity index (χ0v) is 9.52. The molecular formula is C12H18N4. The van der Waals surface area contributed by atoms with Crippen molar-refractivity contribution < 1.29 is 0 Å². The molecule has 3 rings (SSSR count). The van der Waals surface area contributed by atoms with E-state index in [0.717, 1.165) is 25.6 Å². The molecule has 0 amide bonds. The second-order valence-electron chi connectivity index (χ2n) is 5.00. The van der Waals surface area contributed by atoms with E-state index in [1.165, 1.54) is 25.8 Å². The van der Waals surface area contributed by atoms with Crippen molar-refractivity contribution in [2.45, 2.75) is 19.3 Å². The number of aromatic nitrogens is 2. The van der Waals surface area contributed by atoms with Crippen LogP contribution in [0.2, 0.25) is 0 Å². The molecule has 3 heterocycles. The van der Waals surface area contributed by atoms with E-state index in [4.69, 9.17) is 0 Å². The number of rotatable bonds is 1. The maximum absolute atomic E-state index is 4.35. The van der Waals surface area contributed by atoms with Crippen LogP contribution in [0.3, 0.4) is 0 Å². The first-order valence-electron chi connectivity index (χ1n) is 6.11. The van der Waals surface area contributed by atoms with Gasteiger partial charge in [-0.3, -0.25) is 0 Å². The zero-order valence-electron chi connectivity index (χ0n) is 9.52. The van der Waals surface area contributed by atoms with Gasteiger partial charge in [-0.2, -0.15) is 0 Å². The average Bonchev–Trinajstić information content (AvgIpc) is 2.78. The molecule has 2 saturated heterocycles. The van der Waals surface area contributed by atoms with Crippen LogP contribution < -0.4 is 10.2 Å². The van der Waals surface area contributed by atoms with Crippen molar-refractivity contribution >= 4 is 5.95 Å². The lowest BCUT2D eigenvalue weighted by Gasteiger charge is -2.39. The second kappa shape index (κ2) is 4.01. The lowest BCUT2D eigenvalue weighted by Crippen LogP contribution is -2.45. The molecule has 2 fully saturated rings. The first-order chi connectivity index (χ1) is 7.88. The minimum atomic E-state index is 0.484. The van der Waals surface area contributed by atoms with Gasteiger partial charge in [0.15, 0.2) is 0 Å². The fourth-order valence-electron chi connectivity index (χ4n) is 2.98. The molecule has 1 aromatic rings. The van der Waals surface area contributed by atoms with Gasteiger partial charge < -0.3 is 10.2 Å². The van der Waals surface area contributed by atoms with Crippen molar-refractivity contribution in [3.8, 4) is 0 Å². The summed E-state index contributed by atoms with van der Waals surface area (Å²) in [5, 5.41) is 3.49. The predicted octanol–water partition coefficient (Wildman–Crippen LogP) is 1.06. The maximum atomic E-state index is 4.35. The average molecular weight is 218 g/mol. The van der Waals surface area contributed by atoms with E-state index in [2.05, 4.69) is 20.2 Å². The molecule has 2 aliphatic rings. The zero-order chi connectivity index (χ0) is 10.8. The third kappa shape index (κ3) is 1.78. The Bertz CT molecular complexity index is 345. The van der Waals surface area contributed by atoms with Gasteiger partial charge in [0.1, 0.15) is 0 Å². The molecule has 0 aromatic carbocycles. The fourth-order valence-corrected chi connectivity index (χ4v) is 2.98. The molecule has 16 heavy (non-hydrogen) atoms. The lowest BCUT2D eigenvalue weighted by molar-refractivity contribution is 0.259. The molecule has 0 aliphatic carbocycles. The van der Waals surface area contributed by atoms with Gasteiger partial charge in [-0.1, -0.05) is 0 Å². The monoisotopic (exact) mass is 218 g/mol. The summed E-state index contributed by atoms with van der Waals surface area (Å²) in [6.45, 7) is 4.55. The van der Waals surface area contributed by atoms with Gasteiger partial charge in [-0.25, -0.2) is 9.97 Å². The van der Waals surface area contributed by atoms with E-state index < -0.39 is 0 Å². The first kappa shape index (κ1) is 10.0. The summed E-state index contributed by atoms with van der Waals surface area (Å²) in [6.07, 6.45) is 7.58. The Labute approximate surface area is 96.1 Å². The van der Waals surface area contributed by atoms with Crippen LogP contribution in [0, 0.1) is 5.41 Å². The molecule has 0 bridgehead atoms. The Balaban J connectivity index is 1.77. The number of nitrogens with zero attached hydrogens (tertiary/aromatic N) is 3. The van der Waals surface area contributed by atoms with Crippen molar-refractivity contribution in [1.29, 1.82) is 0 Å². The molecule has 0 radical (unpaired) electrons. The molecule has 1 spiro atoms. The highest BCUT2D eigenvalue weighted by atomic mass is 15.3. The van der Waals surface area contributed by atoms with E-state index in [1.807, 2.05) is 18.5 Å². The summed E-state index contributed by atoms with van der Waals surface area (Å²) >= 11 is 0. The summed E-state index contributed by atoms with van der Waals surface area (Å²) in [5.74, 6) is 0.897.